The molecule has 1 amide bonds. The van der Waals surface area contributed by atoms with Crippen molar-refractivity contribution in [3.05, 3.63) is 39.5 Å². The molecule has 88 valence electrons. The number of nitrogens with zero attached hydrogens (tertiary/aromatic N) is 1. The zero-order chi connectivity index (χ0) is 12.4. The predicted molar refractivity (Wildman–Crippen MR) is 70.1 cm³/mol. The molecule has 0 bridgehead atoms. The van der Waals surface area contributed by atoms with E-state index >= 15 is 0 Å². The van der Waals surface area contributed by atoms with Crippen LogP contribution in [0.4, 0.5) is 11.5 Å². The van der Waals surface area contributed by atoms with E-state index in [1.165, 1.54) is 6.20 Å². The van der Waals surface area contributed by atoms with Crippen molar-refractivity contribution in [3.63, 3.8) is 0 Å². The largest absolute Gasteiger partial charge is 0.394 e. The van der Waals surface area contributed by atoms with Crippen LogP contribution in [0, 0.1) is 0 Å². The van der Waals surface area contributed by atoms with Gasteiger partial charge in [0, 0.05) is 4.47 Å². The molecule has 0 unspecified atom stereocenters. The summed E-state index contributed by atoms with van der Waals surface area (Å²) in [6.45, 7) is 0. The van der Waals surface area contributed by atoms with Gasteiger partial charge < -0.3 is 11.1 Å². The molecule has 2 rings (SSSR count). The third-order valence-corrected chi connectivity index (χ3v) is 2.90. The van der Waals surface area contributed by atoms with Crippen molar-refractivity contribution < 1.29 is 4.79 Å². The van der Waals surface area contributed by atoms with Crippen molar-refractivity contribution in [3.8, 4) is 0 Å². The Balaban J connectivity index is 2.26. The van der Waals surface area contributed by atoms with Gasteiger partial charge in [-0.15, -0.1) is 0 Å². The number of rotatable bonds is 2. The van der Waals surface area contributed by atoms with Gasteiger partial charge in [-0.05, 0) is 18.2 Å². The lowest BCUT2D eigenvalue weighted by molar-refractivity contribution is 0.102. The summed E-state index contributed by atoms with van der Waals surface area (Å²) in [4.78, 5) is 11.9. The molecule has 0 saturated heterocycles. The molecule has 2 aromatic rings. The number of hydrogen-bond acceptors (Lipinski definition) is 3. The average Bonchev–Trinajstić information content (AvgIpc) is 2.68. The fourth-order valence-electron chi connectivity index (χ4n) is 1.25. The van der Waals surface area contributed by atoms with Crippen molar-refractivity contribution in [1.82, 2.24) is 10.2 Å². The highest BCUT2D eigenvalue weighted by Crippen LogP contribution is 2.22. The first kappa shape index (κ1) is 11.9. The summed E-state index contributed by atoms with van der Waals surface area (Å²) >= 11 is 9.21. The summed E-state index contributed by atoms with van der Waals surface area (Å²) in [7, 11) is 0. The fourth-order valence-corrected chi connectivity index (χ4v) is 1.81. The Bertz CT molecular complexity index is 569. The normalized spacial score (nSPS) is 10.2. The van der Waals surface area contributed by atoms with Gasteiger partial charge in [-0.1, -0.05) is 27.5 Å². The summed E-state index contributed by atoms with van der Waals surface area (Å²) in [5.74, 6) is -0.00158. The number of hydrogen-bond donors (Lipinski definition) is 3. The van der Waals surface area contributed by atoms with Crippen LogP contribution in [-0.4, -0.2) is 16.1 Å². The number of carbonyl (C=O) groups is 1. The van der Waals surface area contributed by atoms with Gasteiger partial charge in [0.15, 0.2) is 5.82 Å². The monoisotopic (exact) mass is 314 g/mol. The molecule has 0 aliphatic carbocycles. The molecule has 0 saturated carbocycles. The van der Waals surface area contributed by atoms with E-state index in [-0.39, 0.29) is 5.91 Å². The molecule has 0 aliphatic rings. The predicted octanol–water partition coefficient (Wildman–Crippen LogP) is 2.66. The minimum Gasteiger partial charge on any atom is -0.394 e. The molecule has 7 heteroatoms. The molecule has 4 N–H and O–H groups in total. The van der Waals surface area contributed by atoms with E-state index in [0.29, 0.717) is 22.1 Å². The van der Waals surface area contributed by atoms with Gasteiger partial charge in [0.25, 0.3) is 5.91 Å². The number of carbonyl (C=O) groups excluding carboxylic acids is 1. The van der Waals surface area contributed by atoms with E-state index in [0.717, 1.165) is 4.47 Å². The fraction of sp³-hybridized carbons (Fsp3) is 0. The molecule has 1 aromatic carbocycles. The van der Waals surface area contributed by atoms with Crippen LogP contribution in [0.25, 0.3) is 0 Å². The van der Waals surface area contributed by atoms with Crippen LogP contribution in [0.2, 0.25) is 5.02 Å². The van der Waals surface area contributed by atoms with E-state index < -0.39 is 0 Å². The molecule has 0 fully saturated rings. The Morgan fingerprint density at radius 2 is 2.29 bits per heavy atom. The molecule has 1 aromatic heterocycles. The molecule has 17 heavy (non-hydrogen) atoms. The van der Waals surface area contributed by atoms with Crippen molar-refractivity contribution in [1.29, 1.82) is 0 Å². The maximum absolute atomic E-state index is 11.9. The van der Waals surface area contributed by atoms with Gasteiger partial charge >= 0.3 is 0 Å². The average molecular weight is 316 g/mol. The van der Waals surface area contributed by atoms with Crippen molar-refractivity contribution >= 4 is 44.9 Å². The van der Waals surface area contributed by atoms with Crippen LogP contribution >= 0.6 is 27.5 Å². The standard InChI is InChI=1S/C10H8BrClN4O/c11-5-1-2-7(12)6(3-5)10(17)15-9-8(13)4-14-16-9/h1-4H,13H2,(H2,14,15,16,17). The Kier molecular flexibility index (Phi) is 3.35. The van der Waals surface area contributed by atoms with Gasteiger partial charge in [0.2, 0.25) is 0 Å². The highest BCUT2D eigenvalue weighted by Gasteiger charge is 2.13. The van der Waals surface area contributed by atoms with Gasteiger partial charge in [-0.25, -0.2) is 0 Å². The zero-order valence-electron chi connectivity index (χ0n) is 8.50. The minimum absolute atomic E-state index is 0.353. The number of nitrogens with two attached hydrogens (primary N) is 1. The van der Waals surface area contributed by atoms with E-state index in [1.807, 2.05) is 0 Å². The molecule has 0 radical (unpaired) electrons. The van der Waals surface area contributed by atoms with E-state index in [9.17, 15) is 4.79 Å². The van der Waals surface area contributed by atoms with Gasteiger partial charge in [0.05, 0.1) is 22.5 Å². The summed E-state index contributed by atoms with van der Waals surface area (Å²) in [6, 6.07) is 5.02. The lowest BCUT2D eigenvalue weighted by Gasteiger charge is -2.05. The molecular weight excluding hydrogens is 307 g/mol. The number of halogens is 2. The van der Waals surface area contributed by atoms with E-state index in [1.54, 1.807) is 18.2 Å². The van der Waals surface area contributed by atoms with Crippen LogP contribution in [0.15, 0.2) is 28.9 Å². The Hall–Kier alpha value is -1.53. The van der Waals surface area contributed by atoms with Crippen LogP contribution in [0.3, 0.4) is 0 Å². The quantitative estimate of drug-likeness (QED) is 0.796. The highest BCUT2D eigenvalue weighted by atomic mass is 79.9. The molecule has 1 heterocycles. The first-order valence-electron chi connectivity index (χ1n) is 4.63. The lowest BCUT2D eigenvalue weighted by atomic mass is 10.2. The molecule has 0 aliphatic heterocycles. The highest BCUT2D eigenvalue weighted by molar-refractivity contribution is 9.10. The third-order valence-electron chi connectivity index (χ3n) is 2.08. The summed E-state index contributed by atoms with van der Waals surface area (Å²) in [5, 5.41) is 9.23. The SMILES string of the molecule is Nc1cn[nH]c1NC(=O)c1cc(Br)ccc1Cl. The number of H-pyrrole nitrogens is 1. The third kappa shape index (κ3) is 2.59. The van der Waals surface area contributed by atoms with Gasteiger partial charge in [0.1, 0.15) is 0 Å². The number of anilines is 2. The van der Waals surface area contributed by atoms with E-state index in [4.69, 9.17) is 17.3 Å². The second kappa shape index (κ2) is 4.77. The smallest absolute Gasteiger partial charge is 0.258 e. The zero-order valence-corrected chi connectivity index (χ0v) is 10.8. The summed E-state index contributed by atoms with van der Waals surface area (Å²) in [5.41, 5.74) is 6.31. The number of benzene rings is 1. The summed E-state index contributed by atoms with van der Waals surface area (Å²) < 4.78 is 0.768. The van der Waals surface area contributed by atoms with E-state index in [2.05, 4.69) is 31.4 Å². The summed E-state index contributed by atoms with van der Waals surface area (Å²) in [6.07, 6.45) is 1.41. The number of aromatic nitrogens is 2. The Morgan fingerprint density at radius 1 is 1.53 bits per heavy atom. The maximum atomic E-state index is 11.9. The molecule has 0 spiro atoms. The molecule has 0 atom stereocenters. The van der Waals surface area contributed by atoms with Crippen LogP contribution in [0.1, 0.15) is 10.4 Å². The number of aromatic amines is 1. The van der Waals surface area contributed by atoms with Crippen LogP contribution in [-0.2, 0) is 0 Å². The second-order valence-electron chi connectivity index (χ2n) is 3.28. The number of nitrogen functional groups attached to an aromatic ring is 1. The van der Waals surface area contributed by atoms with Gasteiger partial charge in [-0.3, -0.25) is 9.89 Å². The van der Waals surface area contributed by atoms with Crippen molar-refractivity contribution in [2.75, 3.05) is 11.1 Å². The first-order valence-corrected chi connectivity index (χ1v) is 5.80. The molecule has 5 nitrogen and oxygen atoms in total. The minimum atomic E-state index is -0.354. The van der Waals surface area contributed by atoms with Crippen molar-refractivity contribution in [2.24, 2.45) is 0 Å². The van der Waals surface area contributed by atoms with Gasteiger partial charge in [-0.2, -0.15) is 5.10 Å². The Labute approximate surface area is 110 Å². The lowest BCUT2D eigenvalue weighted by Crippen LogP contribution is -2.13. The molecular formula is C10H8BrClN4O. The Morgan fingerprint density at radius 3 is 2.94 bits per heavy atom. The first-order chi connectivity index (χ1) is 8.08. The van der Waals surface area contributed by atoms with Crippen LogP contribution in [0.5, 0.6) is 0 Å². The van der Waals surface area contributed by atoms with Crippen LogP contribution < -0.4 is 11.1 Å². The maximum Gasteiger partial charge on any atom is 0.258 e. The topological polar surface area (TPSA) is 83.8 Å². The van der Waals surface area contributed by atoms with Crippen molar-refractivity contribution in [2.45, 2.75) is 0 Å². The number of amides is 1. The second-order valence-corrected chi connectivity index (χ2v) is 4.60. The number of nitrogens with one attached hydrogen (secondary N) is 2.